The second-order valence-electron chi connectivity index (χ2n) is 5.59. The number of nitrogens with one attached hydrogen (secondary N) is 1. The van der Waals surface area contributed by atoms with Crippen molar-refractivity contribution in [2.45, 2.75) is 13.0 Å². The molecule has 1 unspecified atom stereocenters. The van der Waals surface area contributed by atoms with Crippen LogP contribution in [0.15, 0.2) is 54.6 Å². The smallest absolute Gasteiger partial charge is 0.316 e. The molecule has 0 fully saturated rings. The van der Waals surface area contributed by atoms with Gasteiger partial charge in [0.25, 0.3) is 0 Å². The zero-order chi connectivity index (χ0) is 17.6. The molecule has 0 bridgehead atoms. The maximum atomic E-state index is 12.4. The van der Waals surface area contributed by atoms with E-state index in [1.54, 1.807) is 12.1 Å². The first-order chi connectivity index (χ1) is 12.2. The SMILES string of the molecule is CCN(C(=O)C(=O)NCC1COc2ccccc2O1)c1ccccc1. The van der Waals surface area contributed by atoms with Crippen LogP contribution in [0.3, 0.4) is 0 Å². The molecule has 0 aromatic heterocycles. The Balaban J connectivity index is 1.56. The summed E-state index contributed by atoms with van der Waals surface area (Å²) < 4.78 is 11.4. The highest BCUT2D eigenvalue weighted by Crippen LogP contribution is 2.30. The van der Waals surface area contributed by atoms with Gasteiger partial charge in [-0.05, 0) is 31.2 Å². The van der Waals surface area contributed by atoms with E-state index < -0.39 is 11.8 Å². The van der Waals surface area contributed by atoms with Gasteiger partial charge < -0.3 is 19.7 Å². The molecular weight excluding hydrogens is 320 g/mol. The van der Waals surface area contributed by atoms with Gasteiger partial charge in [-0.2, -0.15) is 0 Å². The number of amides is 2. The van der Waals surface area contributed by atoms with Crippen molar-refractivity contribution in [2.24, 2.45) is 0 Å². The first kappa shape index (κ1) is 16.8. The van der Waals surface area contributed by atoms with E-state index in [0.717, 1.165) is 0 Å². The molecule has 6 nitrogen and oxygen atoms in total. The summed E-state index contributed by atoms with van der Waals surface area (Å²) >= 11 is 0. The molecule has 2 aromatic rings. The van der Waals surface area contributed by atoms with E-state index in [2.05, 4.69) is 5.32 Å². The molecular formula is C19H20N2O4. The summed E-state index contributed by atoms with van der Waals surface area (Å²) in [5, 5.41) is 2.63. The maximum Gasteiger partial charge on any atom is 0.316 e. The van der Waals surface area contributed by atoms with Crippen molar-refractivity contribution in [3.05, 3.63) is 54.6 Å². The summed E-state index contributed by atoms with van der Waals surface area (Å²) in [4.78, 5) is 26.0. The van der Waals surface area contributed by atoms with Gasteiger partial charge in [0.2, 0.25) is 0 Å². The van der Waals surface area contributed by atoms with Crippen LogP contribution in [0.2, 0.25) is 0 Å². The zero-order valence-corrected chi connectivity index (χ0v) is 14.0. The van der Waals surface area contributed by atoms with Crippen molar-refractivity contribution in [1.29, 1.82) is 0 Å². The zero-order valence-electron chi connectivity index (χ0n) is 14.0. The van der Waals surface area contributed by atoms with E-state index in [-0.39, 0.29) is 12.6 Å². The monoisotopic (exact) mass is 340 g/mol. The van der Waals surface area contributed by atoms with Gasteiger partial charge in [-0.25, -0.2) is 0 Å². The Morgan fingerprint density at radius 3 is 2.48 bits per heavy atom. The Kier molecular flexibility index (Phi) is 5.18. The minimum Gasteiger partial charge on any atom is -0.486 e. The van der Waals surface area contributed by atoms with Crippen LogP contribution >= 0.6 is 0 Å². The molecule has 1 atom stereocenters. The third-order valence-electron chi connectivity index (χ3n) is 3.88. The number of rotatable bonds is 4. The number of anilines is 1. The number of carbonyl (C=O) groups is 2. The quantitative estimate of drug-likeness (QED) is 0.865. The number of para-hydroxylation sites is 3. The second kappa shape index (κ2) is 7.70. The number of ether oxygens (including phenoxy) is 2. The Bertz CT molecular complexity index is 748. The summed E-state index contributed by atoms with van der Waals surface area (Å²) in [5.74, 6) is 0.0696. The van der Waals surface area contributed by atoms with E-state index >= 15 is 0 Å². The van der Waals surface area contributed by atoms with Crippen LogP contribution in [0.5, 0.6) is 11.5 Å². The number of fused-ring (bicyclic) bond motifs is 1. The van der Waals surface area contributed by atoms with Gasteiger partial charge in [-0.15, -0.1) is 0 Å². The lowest BCUT2D eigenvalue weighted by Gasteiger charge is -2.27. The summed E-state index contributed by atoms with van der Waals surface area (Å²) in [6.45, 7) is 2.76. The molecule has 2 aromatic carbocycles. The standard InChI is InChI=1S/C19H20N2O4/c1-2-21(14-8-4-3-5-9-14)19(23)18(22)20-12-15-13-24-16-10-6-7-11-17(16)25-15/h3-11,15H,2,12-13H2,1H3,(H,20,22). The van der Waals surface area contributed by atoms with E-state index in [4.69, 9.17) is 9.47 Å². The van der Waals surface area contributed by atoms with Crippen molar-refractivity contribution < 1.29 is 19.1 Å². The first-order valence-electron chi connectivity index (χ1n) is 8.22. The van der Waals surface area contributed by atoms with Crippen molar-refractivity contribution in [1.82, 2.24) is 5.32 Å². The van der Waals surface area contributed by atoms with E-state index in [0.29, 0.717) is 30.3 Å². The topological polar surface area (TPSA) is 67.9 Å². The molecule has 3 rings (SSSR count). The molecule has 0 aliphatic carbocycles. The maximum absolute atomic E-state index is 12.4. The van der Waals surface area contributed by atoms with Gasteiger partial charge in [0.15, 0.2) is 11.5 Å². The van der Waals surface area contributed by atoms with E-state index in [9.17, 15) is 9.59 Å². The van der Waals surface area contributed by atoms with E-state index in [1.165, 1.54) is 4.90 Å². The number of likely N-dealkylation sites (N-methyl/N-ethyl adjacent to an activating group) is 1. The van der Waals surface area contributed by atoms with Crippen LogP contribution in [0.25, 0.3) is 0 Å². The van der Waals surface area contributed by atoms with Gasteiger partial charge in [0, 0.05) is 12.2 Å². The van der Waals surface area contributed by atoms with Crippen molar-refractivity contribution in [2.75, 3.05) is 24.6 Å². The molecule has 6 heteroatoms. The second-order valence-corrected chi connectivity index (χ2v) is 5.59. The molecule has 1 heterocycles. The minimum absolute atomic E-state index is 0.200. The lowest BCUT2D eigenvalue weighted by molar-refractivity contribution is -0.137. The lowest BCUT2D eigenvalue weighted by atomic mass is 10.2. The number of hydrogen-bond donors (Lipinski definition) is 1. The summed E-state index contributed by atoms with van der Waals surface area (Å²) in [6.07, 6.45) is -0.335. The first-order valence-corrected chi connectivity index (χ1v) is 8.22. The number of benzene rings is 2. The molecule has 0 saturated carbocycles. The predicted octanol–water partition coefficient (Wildman–Crippen LogP) is 2.00. The molecule has 1 aliphatic heterocycles. The molecule has 2 amide bonds. The molecule has 0 spiro atoms. The molecule has 25 heavy (non-hydrogen) atoms. The molecule has 1 aliphatic rings. The minimum atomic E-state index is -0.659. The number of nitrogens with zero attached hydrogens (tertiary/aromatic N) is 1. The van der Waals surface area contributed by atoms with Crippen LogP contribution in [0.1, 0.15) is 6.92 Å². The van der Waals surface area contributed by atoms with Gasteiger partial charge in [-0.1, -0.05) is 30.3 Å². The van der Waals surface area contributed by atoms with Gasteiger partial charge in [0.05, 0.1) is 6.54 Å². The Labute approximate surface area is 146 Å². The molecule has 130 valence electrons. The van der Waals surface area contributed by atoms with Crippen molar-refractivity contribution >= 4 is 17.5 Å². The normalized spacial score (nSPS) is 15.3. The molecule has 0 radical (unpaired) electrons. The predicted molar refractivity (Wildman–Crippen MR) is 93.8 cm³/mol. The lowest BCUT2D eigenvalue weighted by Crippen LogP contribution is -2.47. The van der Waals surface area contributed by atoms with E-state index in [1.807, 2.05) is 49.4 Å². The van der Waals surface area contributed by atoms with Crippen LogP contribution in [-0.2, 0) is 9.59 Å². The van der Waals surface area contributed by atoms with Crippen LogP contribution in [-0.4, -0.2) is 37.6 Å². The fourth-order valence-corrected chi connectivity index (χ4v) is 2.62. The Hall–Kier alpha value is -3.02. The average Bonchev–Trinajstić information content (AvgIpc) is 2.67. The van der Waals surface area contributed by atoms with Crippen LogP contribution in [0, 0.1) is 0 Å². The number of carbonyl (C=O) groups excluding carboxylic acids is 2. The Morgan fingerprint density at radius 1 is 1.08 bits per heavy atom. The van der Waals surface area contributed by atoms with Crippen molar-refractivity contribution in [3.8, 4) is 11.5 Å². The highest BCUT2D eigenvalue weighted by molar-refractivity contribution is 6.40. The molecule has 0 saturated heterocycles. The average molecular weight is 340 g/mol. The van der Waals surface area contributed by atoms with Gasteiger partial charge >= 0.3 is 11.8 Å². The fourth-order valence-electron chi connectivity index (χ4n) is 2.62. The van der Waals surface area contributed by atoms with Gasteiger partial charge in [-0.3, -0.25) is 9.59 Å². The Morgan fingerprint density at radius 2 is 1.76 bits per heavy atom. The van der Waals surface area contributed by atoms with Crippen LogP contribution in [0.4, 0.5) is 5.69 Å². The van der Waals surface area contributed by atoms with Gasteiger partial charge in [0.1, 0.15) is 12.7 Å². The van der Waals surface area contributed by atoms with Crippen LogP contribution < -0.4 is 19.7 Å². The highest BCUT2D eigenvalue weighted by atomic mass is 16.6. The van der Waals surface area contributed by atoms with Crippen molar-refractivity contribution in [3.63, 3.8) is 0 Å². The largest absolute Gasteiger partial charge is 0.486 e. The third kappa shape index (κ3) is 3.91. The molecule has 1 N–H and O–H groups in total. The summed E-state index contributed by atoms with van der Waals surface area (Å²) in [5.41, 5.74) is 0.691. The fraction of sp³-hybridized carbons (Fsp3) is 0.263. The summed E-state index contributed by atoms with van der Waals surface area (Å²) in [7, 11) is 0. The highest BCUT2D eigenvalue weighted by Gasteiger charge is 2.25. The third-order valence-corrected chi connectivity index (χ3v) is 3.88. The number of hydrogen-bond acceptors (Lipinski definition) is 4. The summed E-state index contributed by atoms with van der Waals surface area (Å²) in [6, 6.07) is 16.5.